The molecule has 0 unspecified atom stereocenters. The fourth-order valence-electron chi connectivity index (χ4n) is 5.14. The molecule has 0 N–H and O–H groups in total. The maximum atomic E-state index is 2.41. The maximum absolute atomic E-state index is 2.41. The highest BCUT2D eigenvalue weighted by atomic mass is 31.1. The van der Waals surface area contributed by atoms with Gasteiger partial charge in [-0.15, -0.1) is 0 Å². The van der Waals surface area contributed by atoms with Crippen LogP contribution in [0, 0.1) is 0 Å². The number of hydrogen-bond acceptors (Lipinski definition) is 0. The molecule has 0 aliphatic rings. The van der Waals surface area contributed by atoms with E-state index in [2.05, 4.69) is 194 Å². The van der Waals surface area contributed by atoms with Crippen molar-refractivity contribution in [1.82, 2.24) is 0 Å². The fourth-order valence-corrected chi connectivity index (χ4v) is 9.99. The van der Waals surface area contributed by atoms with Gasteiger partial charge < -0.3 is 0 Å². The van der Waals surface area contributed by atoms with Crippen molar-refractivity contribution in [2.45, 2.75) is 0 Å². The summed E-state index contributed by atoms with van der Waals surface area (Å²) in [7, 11) is -1.59. The zero-order valence-corrected chi connectivity index (χ0v) is 25.2. The van der Waals surface area contributed by atoms with Crippen molar-refractivity contribution in [2.75, 3.05) is 0 Å². The Kier molecular flexibility index (Phi) is 9.28. The van der Waals surface area contributed by atoms with Gasteiger partial charge in [-0.05, 0) is 58.8 Å². The van der Waals surface area contributed by atoms with Crippen molar-refractivity contribution >= 4 is 47.7 Å². The summed E-state index contributed by atoms with van der Waals surface area (Å²) < 4.78 is 0. The van der Waals surface area contributed by atoms with Crippen LogP contribution >= 0.6 is 15.8 Å². The quantitative estimate of drug-likeness (QED) is 0.119. The predicted octanol–water partition coefficient (Wildman–Crippen LogP) is 9.33. The van der Waals surface area contributed by atoms with Crippen molar-refractivity contribution < 1.29 is 0 Å². The molecule has 0 nitrogen and oxygen atoms in total. The van der Waals surface area contributed by atoms with Crippen LogP contribution in [0.2, 0.25) is 0 Å². The Hall–Kier alpha value is -4.34. The van der Waals surface area contributed by atoms with E-state index in [4.69, 9.17) is 0 Å². The van der Waals surface area contributed by atoms with Gasteiger partial charge >= 0.3 is 0 Å². The van der Waals surface area contributed by atoms with Gasteiger partial charge in [0.05, 0.1) is 0 Å². The number of hydrogen-bond donors (Lipinski definition) is 0. The SMILES string of the molecule is C(/C=C(\c1ccccc1)P(c1ccccc1)c1ccccc1)=C(\c1ccccc1)P(c1ccccc1)c1ccccc1. The summed E-state index contributed by atoms with van der Waals surface area (Å²) in [5.41, 5.74) is 2.51. The van der Waals surface area contributed by atoms with Crippen LogP contribution in [0.1, 0.15) is 11.1 Å². The standard InChI is InChI=1S/C40H32P2/c1-7-19-33(20-8-1)39(41(35-23-11-3-12-24-35)36-25-13-4-14-26-36)31-32-40(34-21-9-2-10-22-34)42(37-27-15-5-16-28-37)38-29-17-6-18-30-38/h1-32H/b39-31-,40-32+. The summed E-state index contributed by atoms with van der Waals surface area (Å²) in [4.78, 5) is 0. The van der Waals surface area contributed by atoms with Gasteiger partial charge in [-0.2, -0.15) is 0 Å². The minimum atomic E-state index is -0.794. The normalized spacial score (nSPS) is 12.0. The van der Waals surface area contributed by atoms with Crippen LogP contribution < -0.4 is 21.2 Å². The molecule has 6 rings (SSSR count). The van der Waals surface area contributed by atoms with Crippen molar-refractivity contribution in [3.8, 4) is 0 Å². The molecule has 0 fully saturated rings. The van der Waals surface area contributed by atoms with Gasteiger partial charge in [-0.25, -0.2) is 0 Å². The summed E-state index contributed by atoms with van der Waals surface area (Å²) in [6, 6.07) is 65.7. The van der Waals surface area contributed by atoms with Crippen LogP contribution in [0.25, 0.3) is 10.6 Å². The lowest BCUT2D eigenvalue weighted by atomic mass is 10.2. The molecule has 0 spiro atoms. The molecule has 0 bridgehead atoms. The molecule has 2 heteroatoms. The Balaban J connectivity index is 1.61. The van der Waals surface area contributed by atoms with Gasteiger partial charge in [0.1, 0.15) is 0 Å². The zero-order chi connectivity index (χ0) is 28.4. The molecular weight excluding hydrogens is 542 g/mol. The maximum Gasteiger partial charge on any atom is -0.00784 e. The number of allylic oxidation sites excluding steroid dienone is 2. The van der Waals surface area contributed by atoms with E-state index in [1.54, 1.807) is 0 Å². The lowest BCUT2D eigenvalue weighted by Crippen LogP contribution is -2.13. The minimum Gasteiger partial charge on any atom is -0.0622 e. The monoisotopic (exact) mass is 574 g/mol. The highest BCUT2D eigenvalue weighted by molar-refractivity contribution is 7.82. The molecule has 0 aromatic heterocycles. The average Bonchev–Trinajstić information content (AvgIpc) is 3.08. The molecule has 202 valence electrons. The van der Waals surface area contributed by atoms with Crippen LogP contribution in [0.3, 0.4) is 0 Å². The van der Waals surface area contributed by atoms with Crippen LogP contribution in [-0.4, -0.2) is 0 Å². The van der Waals surface area contributed by atoms with Crippen molar-refractivity contribution in [2.24, 2.45) is 0 Å². The van der Waals surface area contributed by atoms with Gasteiger partial charge in [-0.1, -0.05) is 194 Å². The second-order valence-corrected chi connectivity index (χ2v) is 14.2. The summed E-state index contributed by atoms with van der Waals surface area (Å²) in [5, 5.41) is 8.06. The molecule has 0 aliphatic heterocycles. The molecule has 6 aromatic carbocycles. The molecular formula is C40H32P2. The molecule has 0 aliphatic carbocycles. The van der Waals surface area contributed by atoms with E-state index in [0.717, 1.165) is 0 Å². The van der Waals surface area contributed by atoms with Gasteiger partial charge in [0.15, 0.2) is 0 Å². The van der Waals surface area contributed by atoms with E-state index in [1.165, 1.54) is 43.0 Å². The first-order chi connectivity index (χ1) is 20.9. The number of benzene rings is 6. The molecule has 0 radical (unpaired) electrons. The van der Waals surface area contributed by atoms with Gasteiger partial charge in [0, 0.05) is 0 Å². The first kappa shape index (κ1) is 27.8. The molecule has 42 heavy (non-hydrogen) atoms. The van der Waals surface area contributed by atoms with E-state index in [1.807, 2.05) is 0 Å². The summed E-state index contributed by atoms with van der Waals surface area (Å²) in [5.74, 6) is 0. The molecule has 0 atom stereocenters. The van der Waals surface area contributed by atoms with Crippen LogP contribution in [0.15, 0.2) is 194 Å². The second kappa shape index (κ2) is 14.0. The van der Waals surface area contributed by atoms with Crippen molar-refractivity contribution in [3.63, 3.8) is 0 Å². The molecule has 0 saturated carbocycles. The van der Waals surface area contributed by atoms with Gasteiger partial charge in [-0.3, -0.25) is 0 Å². The van der Waals surface area contributed by atoms with E-state index in [-0.39, 0.29) is 0 Å². The molecule has 6 aromatic rings. The van der Waals surface area contributed by atoms with E-state index in [9.17, 15) is 0 Å². The first-order valence-corrected chi connectivity index (χ1v) is 16.9. The van der Waals surface area contributed by atoms with Crippen LogP contribution in [-0.2, 0) is 0 Å². The highest BCUT2D eigenvalue weighted by Gasteiger charge is 2.22. The summed E-state index contributed by atoms with van der Waals surface area (Å²) in [6.45, 7) is 0. The van der Waals surface area contributed by atoms with Gasteiger partial charge in [0.25, 0.3) is 0 Å². The van der Waals surface area contributed by atoms with E-state index >= 15 is 0 Å². The molecule has 0 amide bonds. The van der Waals surface area contributed by atoms with Crippen molar-refractivity contribution in [3.05, 3.63) is 205 Å². The molecule has 0 heterocycles. The van der Waals surface area contributed by atoms with Crippen LogP contribution in [0.5, 0.6) is 0 Å². The summed E-state index contributed by atoms with van der Waals surface area (Å²) >= 11 is 0. The Morgan fingerprint density at radius 1 is 0.286 bits per heavy atom. The fraction of sp³-hybridized carbons (Fsp3) is 0. The Labute approximate surface area is 252 Å². The van der Waals surface area contributed by atoms with E-state index in [0.29, 0.717) is 0 Å². The third kappa shape index (κ3) is 6.58. The first-order valence-electron chi connectivity index (χ1n) is 14.2. The number of rotatable bonds is 9. The van der Waals surface area contributed by atoms with Gasteiger partial charge in [0.2, 0.25) is 0 Å². The summed E-state index contributed by atoms with van der Waals surface area (Å²) in [6.07, 6.45) is 4.81. The zero-order valence-electron chi connectivity index (χ0n) is 23.4. The van der Waals surface area contributed by atoms with Crippen LogP contribution in [0.4, 0.5) is 0 Å². The topological polar surface area (TPSA) is 0 Å². The van der Waals surface area contributed by atoms with Crippen molar-refractivity contribution in [1.29, 1.82) is 0 Å². The Bertz CT molecular complexity index is 1520. The van der Waals surface area contributed by atoms with E-state index < -0.39 is 15.8 Å². The largest absolute Gasteiger partial charge is 0.0622 e. The smallest absolute Gasteiger partial charge is 0.00784 e. The third-order valence-electron chi connectivity index (χ3n) is 7.08. The predicted molar refractivity (Wildman–Crippen MR) is 187 cm³/mol. The molecule has 0 saturated heterocycles. The average molecular weight is 575 g/mol. The lowest BCUT2D eigenvalue weighted by molar-refractivity contribution is 1.63. The highest BCUT2D eigenvalue weighted by Crippen LogP contribution is 2.52. The Morgan fingerprint density at radius 2 is 0.500 bits per heavy atom. The minimum absolute atomic E-state index is 0.794. The third-order valence-corrected chi connectivity index (χ3v) is 12.1. The lowest BCUT2D eigenvalue weighted by Gasteiger charge is -2.24. The second-order valence-electron chi connectivity index (χ2n) is 9.85. The Morgan fingerprint density at radius 3 is 0.738 bits per heavy atom.